The summed E-state index contributed by atoms with van der Waals surface area (Å²) >= 11 is 11.9. The van der Waals surface area contributed by atoms with Crippen LogP contribution < -0.4 is 11.1 Å². The molecule has 114 valence electrons. The molecule has 0 amide bonds. The number of guanidine groups is 1. The molecule has 0 aliphatic heterocycles. The second-order valence-corrected chi connectivity index (χ2v) is 5.29. The third-order valence-electron chi connectivity index (χ3n) is 2.92. The number of halogens is 3. The summed E-state index contributed by atoms with van der Waals surface area (Å²) in [7, 11) is 1.84. The Bertz CT molecular complexity index is 652. The average Bonchev–Trinajstić information content (AvgIpc) is 2.64. The number of hydrogen-bond donors (Lipinski definition) is 2. The topological polar surface area (TPSA) is 55.3 Å². The fourth-order valence-electron chi connectivity index (χ4n) is 1.82. The van der Waals surface area contributed by atoms with Gasteiger partial charge in [0.2, 0.25) is 0 Å². The smallest absolute Gasteiger partial charge is 0.193 e. The molecule has 4 nitrogen and oxygen atoms in total. The summed E-state index contributed by atoms with van der Waals surface area (Å²) in [6.45, 7) is 2.43. The molecule has 0 spiro atoms. The molecule has 21 heavy (non-hydrogen) atoms. The molecular weight excluding hydrogens is 422 g/mol. The molecule has 1 aromatic carbocycles. The summed E-state index contributed by atoms with van der Waals surface area (Å²) < 4.78 is 1.79. The van der Waals surface area contributed by atoms with E-state index in [1.54, 1.807) is 10.6 Å². The predicted octanol–water partition coefficient (Wildman–Crippen LogP) is 4.19. The van der Waals surface area contributed by atoms with Gasteiger partial charge in [0, 0.05) is 18.4 Å². The van der Waals surface area contributed by atoms with Gasteiger partial charge in [0.15, 0.2) is 5.96 Å². The van der Waals surface area contributed by atoms with E-state index in [-0.39, 0.29) is 24.0 Å². The number of aromatic nitrogens is 1. The van der Waals surface area contributed by atoms with Crippen LogP contribution in [0.3, 0.4) is 0 Å². The fourth-order valence-corrected chi connectivity index (χ4v) is 2.23. The minimum absolute atomic E-state index is 0. The first-order valence-electron chi connectivity index (χ1n) is 6.10. The summed E-state index contributed by atoms with van der Waals surface area (Å²) in [5.41, 5.74) is 8.83. The van der Waals surface area contributed by atoms with Crippen LogP contribution in [0.1, 0.15) is 11.3 Å². The fraction of sp³-hybridized carbons (Fsp3) is 0.214. The van der Waals surface area contributed by atoms with Crippen molar-refractivity contribution < 1.29 is 0 Å². The predicted molar refractivity (Wildman–Crippen MR) is 101 cm³/mol. The first kappa shape index (κ1) is 18.1. The monoisotopic (exact) mass is 438 g/mol. The van der Waals surface area contributed by atoms with Crippen molar-refractivity contribution in [3.63, 3.8) is 0 Å². The summed E-state index contributed by atoms with van der Waals surface area (Å²) in [6, 6.07) is 9.70. The number of anilines is 1. The minimum Gasteiger partial charge on any atom is -0.370 e. The summed E-state index contributed by atoms with van der Waals surface area (Å²) in [5, 5.41) is 4.07. The van der Waals surface area contributed by atoms with Gasteiger partial charge in [-0.25, -0.2) is 4.99 Å². The number of nitrogens with two attached hydrogens (primary N) is 1. The van der Waals surface area contributed by atoms with Crippen molar-refractivity contribution in [2.24, 2.45) is 17.8 Å². The highest BCUT2D eigenvalue weighted by atomic mass is 127. The number of nitrogens with one attached hydrogen (secondary N) is 1. The maximum absolute atomic E-state index is 6.00. The second-order valence-electron chi connectivity index (χ2n) is 4.53. The van der Waals surface area contributed by atoms with Crippen LogP contribution in [0.5, 0.6) is 0 Å². The lowest BCUT2D eigenvalue weighted by Crippen LogP contribution is -2.22. The molecule has 2 rings (SSSR count). The molecule has 0 unspecified atom stereocenters. The third kappa shape index (κ3) is 4.79. The highest BCUT2D eigenvalue weighted by Gasteiger charge is 2.08. The maximum atomic E-state index is 6.00. The lowest BCUT2D eigenvalue weighted by atomic mass is 10.2. The molecule has 7 heteroatoms. The van der Waals surface area contributed by atoms with E-state index in [0.717, 1.165) is 16.9 Å². The Labute approximate surface area is 151 Å². The molecule has 0 aliphatic carbocycles. The van der Waals surface area contributed by atoms with Crippen LogP contribution in [0.4, 0.5) is 5.69 Å². The molecule has 0 aliphatic rings. The van der Waals surface area contributed by atoms with E-state index >= 15 is 0 Å². The number of aliphatic imine (C=N–C) groups is 1. The van der Waals surface area contributed by atoms with E-state index in [1.165, 1.54) is 0 Å². The molecule has 0 atom stereocenters. The van der Waals surface area contributed by atoms with Crippen molar-refractivity contribution in [1.29, 1.82) is 0 Å². The van der Waals surface area contributed by atoms with Crippen molar-refractivity contribution in [2.75, 3.05) is 5.32 Å². The number of rotatable bonds is 3. The highest BCUT2D eigenvalue weighted by Crippen LogP contribution is 2.25. The molecular formula is C14H17Cl2IN4. The molecule has 1 heterocycles. The Balaban J connectivity index is 0.00000220. The molecule has 0 radical (unpaired) electrons. The summed E-state index contributed by atoms with van der Waals surface area (Å²) in [5.74, 6) is 0.351. The van der Waals surface area contributed by atoms with Crippen LogP contribution in [0.2, 0.25) is 10.2 Å². The lowest BCUT2D eigenvalue weighted by Gasteiger charge is -2.07. The molecule has 0 fully saturated rings. The summed E-state index contributed by atoms with van der Waals surface area (Å²) in [4.78, 5) is 4.28. The van der Waals surface area contributed by atoms with Gasteiger partial charge in [0.1, 0.15) is 5.15 Å². The highest BCUT2D eigenvalue weighted by molar-refractivity contribution is 14.0. The largest absolute Gasteiger partial charge is 0.370 e. The van der Waals surface area contributed by atoms with Gasteiger partial charge in [-0.15, -0.1) is 24.0 Å². The molecule has 3 N–H and O–H groups in total. The van der Waals surface area contributed by atoms with E-state index in [4.69, 9.17) is 28.9 Å². The maximum Gasteiger partial charge on any atom is 0.193 e. The average molecular weight is 439 g/mol. The van der Waals surface area contributed by atoms with Gasteiger partial charge in [-0.2, -0.15) is 0 Å². The van der Waals surface area contributed by atoms with Gasteiger partial charge in [0.25, 0.3) is 0 Å². The minimum atomic E-state index is 0. The van der Waals surface area contributed by atoms with Crippen molar-refractivity contribution in [1.82, 2.24) is 4.57 Å². The number of benzene rings is 1. The van der Waals surface area contributed by atoms with Gasteiger partial charge >= 0.3 is 0 Å². The van der Waals surface area contributed by atoms with Gasteiger partial charge in [-0.05, 0) is 30.7 Å². The standard InChI is InChI=1S/C14H16Cl2N4.HI/c1-9-4-3-5-10(6-9)19-14(17)18-8-11-7-12(15)13(16)20(11)2;/h3-7H,8H2,1-2H3,(H3,17,18,19);1H. The van der Waals surface area contributed by atoms with Crippen LogP contribution in [0, 0.1) is 6.92 Å². The first-order chi connectivity index (χ1) is 9.47. The van der Waals surface area contributed by atoms with Crippen LogP contribution in [-0.4, -0.2) is 10.5 Å². The zero-order valence-corrected chi connectivity index (χ0v) is 15.6. The quantitative estimate of drug-likeness (QED) is 0.429. The van der Waals surface area contributed by atoms with Crippen LogP contribution >= 0.6 is 47.2 Å². The van der Waals surface area contributed by atoms with Crippen molar-refractivity contribution >= 4 is 58.8 Å². The normalized spacial score (nSPS) is 11.1. The van der Waals surface area contributed by atoms with E-state index in [1.807, 2.05) is 38.2 Å². The van der Waals surface area contributed by atoms with Crippen LogP contribution in [0.25, 0.3) is 0 Å². The molecule has 2 aromatic rings. The Hall–Kier alpha value is -0.920. The Morgan fingerprint density at radius 2 is 2.05 bits per heavy atom. The third-order valence-corrected chi connectivity index (χ3v) is 3.76. The number of nitrogens with zero attached hydrogens (tertiary/aromatic N) is 2. The van der Waals surface area contributed by atoms with Crippen LogP contribution in [-0.2, 0) is 13.6 Å². The zero-order valence-electron chi connectivity index (χ0n) is 11.7. The van der Waals surface area contributed by atoms with E-state index in [2.05, 4.69) is 10.3 Å². The Kier molecular flexibility index (Phi) is 6.83. The van der Waals surface area contributed by atoms with E-state index in [9.17, 15) is 0 Å². The van der Waals surface area contributed by atoms with Crippen molar-refractivity contribution in [3.8, 4) is 0 Å². The van der Waals surface area contributed by atoms with Gasteiger partial charge in [-0.1, -0.05) is 35.3 Å². The van der Waals surface area contributed by atoms with Gasteiger partial charge in [0.05, 0.1) is 11.6 Å². The number of hydrogen-bond acceptors (Lipinski definition) is 1. The SMILES string of the molecule is Cc1cccc(NC(N)=NCc2cc(Cl)c(Cl)n2C)c1.I. The summed E-state index contributed by atoms with van der Waals surface area (Å²) in [6.07, 6.45) is 0. The van der Waals surface area contributed by atoms with E-state index in [0.29, 0.717) is 22.7 Å². The van der Waals surface area contributed by atoms with Crippen LogP contribution in [0.15, 0.2) is 35.3 Å². The van der Waals surface area contributed by atoms with Gasteiger partial charge in [-0.3, -0.25) is 0 Å². The first-order valence-corrected chi connectivity index (χ1v) is 6.86. The molecule has 0 bridgehead atoms. The molecule has 0 saturated heterocycles. The molecule has 0 saturated carbocycles. The lowest BCUT2D eigenvalue weighted by molar-refractivity contribution is 0.825. The number of aryl methyl sites for hydroxylation is 1. The molecule has 1 aromatic heterocycles. The Morgan fingerprint density at radius 3 is 2.62 bits per heavy atom. The van der Waals surface area contributed by atoms with Crippen molar-refractivity contribution in [2.45, 2.75) is 13.5 Å². The zero-order chi connectivity index (χ0) is 14.7. The Morgan fingerprint density at radius 1 is 1.33 bits per heavy atom. The van der Waals surface area contributed by atoms with Gasteiger partial charge < -0.3 is 15.6 Å². The second kappa shape index (κ2) is 7.91. The van der Waals surface area contributed by atoms with E-state index < -0.39 is 0 Å². The van der Waals surface area contributed by atoms with Crippen molar-refractivity contribution in [3.05, 3.63) is 51.8 Å².